The summed E-state index contributed by atoms with van der Waals surface area (Å²) in [4.78, 5) is 10.7. The van der Waals surface area contributed by atoms with Crippen molar-refractivity contribution in [1.29, 1.82) is 0 Å². The Hall–Kier alpha value is -0.740. The van der Waals surface area contributed by atoms with Crippen LogP contribution in [-0.4, -0.2) is 34.1 Å². The average molecular weight is 302 g/mol. The van der Waals surface area contributed by atoms with Crippen molar-refractivity contribution in [1.82, 2.24) is 14.9 Å². The van der Waals surface area contributed by atoms with Gasteiger partial charge in [-0.3, -0.25) is 4.90 Å². The highest BCUT2D eigenvalue weighted by Gasteiger charge is 2.29. The van der Waals surface area contributed by atoms with Gasteiger partial charge in [0.1, 0.15) is 17.1 Å². The summed E-state index contributed by atoms with van der Waals surface area (Å²) in [7, 11) is 0. The maximum Gasteiger partial charge on any atom is 0.137 e. The Labute approximate surface area is 126 Å². The van der Waals surface area contributed by atoms with Crippen molar-refractivity contribution in [2.24, 2.45) is 5.92 Å². The molecule has 0 spiro atoms. The van der Waals surface area contributed by atoms with Crippen molar-refractivity contribution in [3.05, 3.63) is 22.7 Å². The molecule has 0 N–H and O–H groups in total. The molecular formula is C15H25ClFN3. The predicted molar refractivity (Wildman–Crippen MR) is 81.8 cm³/mol. The number of hydrogen-bond donors (Lipinski definition) is 0. The van der Waals surface area contributed by atoms with Gasteiger partial charge in [-0.1, -0.05) is 46.2 Å². The first-order chi connectivity index (χ1) is 9.47. The smallest absolute Gasteiger partial charge is 0.137 e. The number of rotatable bonds is 3. The first kappa shape index (κ1) is 17.3. The average Bonchev–Trinajstić information content (AvgIpc) is 2.73. The minimum absolute atomic E-state index is 0.0969. The number of alkyl halides is 1. The third-order valence-corrected chi connectivity index (χ3v) is 3.66. The molecule has 1 aromatic heterocycles. The summed E-state index contributed by atoms with van der Waals surface area (Å²) in [5, 5.41) is 0.490. The van der Waals surface area contributed by atoms with E-state index in [1.54, 1.807) is 6.20 Å². The second kappa shape index (κ2) is 7.89. The summed E-state index contributed by atoms with van der Waals surface area (Å²) in [6.07, 6.45) is 1.03. The minimum Gasteiger partial charge on any atom is -0.296 e. The summed E-state index contributed by atoms with van der Waals surface area (Å²) < 4.78 is 13.4. The molecule has 0 aromatic carbocycles. The molecule has 0 amide bonds. The number of hydrogen-bond acceptors (Lipinski definition) is 3. The van der Waals surface area contributed by atoms with E-state index >= 15 is 0 Å². The largest absolute Gasteiger partial charge is 0.296 e. The van der Waals surface area contributed by atoms with E-state index in [4.69, 9.17) is 11.6 Å². The number of nitrogens with zero attached hydrogens (tertiary/aromatic N) is 3. The fraction of sp³-hybridized carbons (Fsp3) is 0.733. The van der Waals surface area contributed by atoms with Crippen LogP contribution in [0.4, 0.5) is 4.39 Å². The Morgan fingerprint density at radius 3 is 2.50 bits per heavy atom. The maximum atomic E-state index is 13.4. The lowest BCUT2D eigenvalue weighted by molar-refractivity contribution is 0.273. The first-order valence-electron chi connectivity index (χ1n) is 7.35. The van der Waals surface area contributed by atoms with E-state index in [-0.39, 0.29) is 11.8 Å². The SMILES string of the molecule is CC.CC(C)c1ncc(CN2CC(F)[C@H](C)C2)c(Cl)n1. The zero-order valence-corrected chi connectivity index (χ0v) is 13.8. The van der Waals surface area contributed by atoms with Crippen molar-refractivity contribution in [3.63, 3.8) is 0 Å². The third kappa shape index (κ3) is 4.38. The topological polar surface area (TPSA) is 29.0 Å². The Kier molecular flexibility index (Phi) is 6.83. The van der Waals surface area contributed by atoms with Gasteiger partial charge in [-0.2, -0.15) is 0 Å². The van der Waals surface area contributed by atoms with Crippen LogP contribution in [0.1, 0.15) is 51.9 Å². The van der Waals surface area contributed by atoms with Gasteiger partial charge in [-0.15, -0.1) is 0 Å². The highest BCUT2D eigenvalue weighted by molar-refractivity contribution is 6.30. The molecule has 5 heteroatoms. The molecule has 3 nitrogen and oxygen atoms in total. The molecule has 2 rings (SSSR count). The molecule has 0 bridgehead atoms. The number of halogens is 2. The van der Waals surface area contributed by atoms with Gasteiger partial charge in [0.25, 0.3) is 0 Å². The van der Waals surface area contributed by atoms with Crippen molar-refractivity contribution in [2.75, 3.05) is 13.1 Å². The van der Waals surface area contributed by atoms with Gasteiger partial charge in [-0.25, -0.2) is 14.4 Å². The van der Waals surface area contributed by atoms with Crippen LogP contribution in [0.3, 0.4) is 0 Å². The van der Waals surface area contributed by atoms with Crippen LogP contribution in [-0.2, 0) is 6.54 Å². The van der Waals surface area contributed by atoms with E-state index < -0.39 is 6.17 Å². The van der Waals surface area contributed by atoms with E-state index in [0.717, 1.165) is 17.9 Å². The summed E-state index contributed by atoms with van der Waals surface area (Å²) in [5.74, 6) is 1.11. The van der Waals surface area contributed by atoms with E-state index in [1.807, 2.05) is 34.6 Å². The van der Waals surface area contributed by atoms with Crippen molar-refractivity contribution >= 4 is 11.6 Å². The molecule has 1 aliphatic heterocycles. The maximum absolute atomic E-state index is 13.4. The molecule has 1 fully saturated rings. The Bertz CT molecular complexity index is 416. The van der Waals surface area contributed by atoms with Gasteiger partial charge in [0.05, 0.1) is 0 Å². The van der Waals surface area contributed by atoms with Gasteiger partial charge in [0, 0.05) is 43.2 Å². The van der Waals surface area contributed by atoms with Crippen LogP contribution in [0.15, 0.2) is 6.20 Å². The Morgan fingerprint density at radius 1 is 1.40 bits per heavy atom. The second-order valence-corrected chi connectivity index (χ2v) is 5.74. The molecule has 1 aliphatic rings. The van der Waals surface area contributed by atoms with Gasteiger partial charge < -0.3 is 0 Å². The van der Waals surface area contributed by atoms with Gasteiger partial charge >= 0.3 is 0 Å². The molecule has 114 valence electrons. The van der Waals surface area contributed by atoms with Crippen LogP contribution >= 0.6 is 11.6 Å². The highest BCUT2D eigenvalue weighted by Crippen LogP contribution is 2.23. The molecule has 0 radical (unpaired) electrons. The molecule has 2 atom stereocenters. The highest BCUT2D eigenvalue weighted by atomic mass is 35.5. The van der Waals surface area contributed by atoms with E-state index in [9.17, 15) is 4.39 Å². The van der Waals surface area contributed by atoms with Crippen LogP contribution in [0.25, 0.3) is 0 Å². The molecular weight excluding hydrogens is 277 g/mol. The van der Waals surface area contributed by atoms with Crippen molar-refractivity contribution in [3.8, 4) is 0 Å². The van der Waals surface area contributed by atoms with E-state index in [2.05, 4.69) is 14.9 Å². The van der Waals surface area contributed by atoms with E-state index in [1.165, 1.54) is 0 Å². The standard InChI is InChI=1S/C13H19ClFN3.C2H6/c1-8(2)13-16-4-10(12(14)17-13)6-18-5-9(3)11(15)7-18;1-2/h4,8-9,11H,5-7H2,1-3H3;1-2H3/t9-,11?;/m1./s1. The van der Waals surface area contributed by atoms with Crippen LogP contribution < -0.4 is 0 Å². The lowest BCUT2D eigenvalue weighted by Crippen LogP contribution is -2.21. The molecule has 2 heterocycles. The summed E-state index contributed by atoms with van der Waals surface area (Å²) >= 11 is 6.15. The quantitative estimate of drug-likeness (QED) is 0.788. The fourth-order valence-electron chi connectivity index (χ4n) is 2.18. The Balaban J connectivity index is 0.000000956. The molecule has 0 saturated carbocycles. The summed E-state index contributed by atoms with van der Waals surface area (Å²) in [6.45, 7) is 11.9. The summed E-state index contributed by atoms with van der Waals surface area (Å²) in [5.41, 5.74) is 0.877. The molecule has 1 saturated heterocycles. The molecule has 0 aliphatic carbocycles. The van der Waals surface area contributed by atoms with Crippen molar-refractivity contribution < 1.29 is 4.39 Å². The van der Waals surface area contributed by atoms with Crippen LogP contribution in [0, 0.1) is 5.92 Å². The molecule has 20 heavy (non-hydrogen) atoms. The number of aromatic nitrogens is 2. The zero-order valence-electron chi connectivity index (χ0n) is 13.0. The van der Waals surface area contributed by atoms with Crippen LogP contribution in [0.2, 0.25) is 5.15 Å². The normalized spacial score (nSPS) is 22.8. The lowest BCUT2D eigenvalue weighted by Gasteiger charge is -2.15. The van der Waals surface area contributed by atoms with Gasteiger partial charge in [-0.05, 0) is 0 Å². The zero-order chi connectivity index (χ0) is 15.3. The second-order valence-electron chi connectivity index (χ2n) is 5.39. The van der Waals surface area contributed by atoms with E-state index in [0.29, 0.717) is 18.2 Å². The monoisotopic (exact) mass is 301 g/mol. The first-order valence-corrected chi connectivity index (χ1v) is 7.73. The Morgan fingerprint density at radius 2 is 2.05 bits per heavy atom. The minimum atomic E-state index is -0.736. The molecule has 1 unspecified atom stereocenters. The predicted octanol–water partition coefficient (Wildman–Crippen LogP) is 4.07. The van der Waals surface area contributed by atoms with Crippen LogP contribution in [0.5, 0.6) is 0 Å². The van der Waals surface area contributed by atoms with Gasteiger partial charge in [0.15, 0.2) is 0 Å². The number of likely N-dealkylation sites (tertiary alicyclic amines) is 1. The lowest BCUT2D eigenvalue weighted by atomic mass is 10.1. The van der Waals surface area contributed by atoms with Gasteiger partial charge in [0.2, 0.25) is 0 Å². The third-order valence-electron chi connectivity index (χ3n) is 3.34. The van der Waals surface area contributed by atoms with Crippen molar-refractivity contribution in [2.45, 2.75) is 53.3 Å². The fourth-order valence-corrected chi connectivity index (χ4v) is 2.37. The molecule has 1 aromatic rings. The summed E-state index contributed by atoms with van der Waals surface area (Å²) in [6, 6.07) is 0.